The fourth-order valence-corrected chi connectivity index (χ4v) is 3.24. The second-order valence-corrected chi connectivity index (χ2v) is 6.90. The second-order valence-electron chi connectivity index (χ2n) is 5.22. The van der Waals surface area contributed by atoms with Crippen molar-refractivity contribution in [3.05, 3.63) is 95.8 Å². The molecule has 3 rings (SSSR count). The first-order valence-electron chi connectivity index (χ1n) is 7.49. The molecule has 0 unspecified atom stereocenters. The maximum atomic E-state index is 13.0. The molecule has 0 aliphatic rings. The molecule has 0 atom stereocenters. The monoisotopic (exact) mass is 351 g/mol. The molecular formula is C20H14FNO2S. The Morgan fingerprint density at radius 1 is 0.760 bits per heavy atom. The summed E-state index contributed by atoms with van der Waals surface area (Å²) in [5, 5.41) is 0. The first-order chi connectivity index (χ1) is 12.0. The summed E-state index contributed by atoms with van der Waals surface area (Å²) in [5.41, 5.74) is 1.76. The van der Waals surface area contributed by atoms with Crippen LogP contribution < -0.4 is 4.72 Å². The van der Waals surface area contributed by atoms with Crippen molar-refractivity contribution in [3.8, 4) is 11.8 Å². The standard InChI is InChI=1S/C20H14FNO2S/c21-18-12-14-19(15-13-18)25(23,24)22-20-9-5-4-8-17(20)11-10-16-6-2-1-3-7-16/h1-9,12-15,22H. The Morgan fingerprint density at radius 3 is 2.12 bits per heavy atom. The molecule has 3 aromatic rings. The summed E-state index contributed by atoms with van der Waals surface area (Å²) in [6.07, 6.45) is 0. The molecule has 0 saturated heterocycles. The van der Waals surface area contributed by atoms with Gasteiger partial charge in [-0.2, -0.15) is 0 Å². The second kappa shape index (κ2) is 7.20. The number of benzene rings is 3. The van der Waals surface area contributed by atoms with Gasteiger partial charge < -0.3 is 0 Å². The Balaban J connectivity index is 1.91. The van der Waals surface area contributed by atoms with Crippen molar-refractivity contribution < 1.29 is 12.8 Å². The van der Waals surface area contributed by atoms with Gasteiger partial charge in [0.2, 0.25) is 0 Å². The van der Waals surface area contributed by atoms with E-state index in [2.05, 4.69) is 16.6 Å². The van der Waals surface area contributed by atoms with Crippen LogP contribution in [0.15, 0.2) is 83.8 Å². The molecule has 0 aliphatic heterocycles. The van der Waals surface area contributed by atoms with E-state index in [0.717, 1.165) is 17.7 Å². The quantitative estimate of drug-likeness (QED) is 0.724. The molecule has 0 spiro atoms. The zero-order valence-corrected chi connectivity index (χ0v) is 13.9. The average Bonchev–Trinajstić information content (AvgIpc) is 2.62. The van der Waals surface area contributed by atoms with Crippen molar-refractivity contribution in [2.45, 2.75) is 4.90 Å². The third-order valence-electron chi connectivity index (χ3n) is 3.41. The highest BCUT2D eigenvalue weighted by atomic mass is 32.2. The first kappa shape index (κ1) is 16.7. The van der Waals surface area contributed by atoms with Crippen LogP contribution in [0.2, 0.25) is 0 Å². The molecule has 1 N–H and O–H groups in total. The normalized spacial score (nSPS) is 10.6. The summed E-state index contributed by atoms with van der Waals surface area (Å²) < 4.78 is 40.4. The molecule has 3 aromatic carbocycles. The van der Waals surface area contributed by atoms with Crippen LogP contribution in [0.5, 0.6) is 0 Å². The molecule has 0 saturated carbocycles. The van der Waals surface area contributed by atoms with Crippen molar-refractivity contribution in [2.24, 2.45) is 0 Å². The Morgan fingerprint density at radius 2 is 1.40 bits per heavy atom. The molecule has 124 valence electrons. The van der Waals surface area contributed by atoms with Gasteiger partial charge in [-0.05, 0) is 48.5 Å². The Kier molecular flexibility index (Phi) is 4.82. The molecule has 0 fully saturated rings. The lowest BCUT2D eigenvalue weighted by Crippen LogP contribution is -2.13. The molecule has 0 radical (unpaired) electrons. The lowest BCUT2D eigenvalue weighted by Gasteiger charge is -2.09. The van der Waals surface area contributed by atoms with Crippen LogP contribution in [0.4, 0.5) is 10.1 Å². The van der Waals surface area contributed by atoms with E-state index in [9.17, 15) is 12.8 Å². The number of nitrogens with one attached hydrogen (secondary N) is 1. The smallest absolute Gasteiger partial charge is 0.261 e. The van der Waals surface area contributed by atoms with E-state index in [4.69, 9.17) is 0 Å². The van der Waals surface area contributed by atoms with E-state index < -0.39 is 15.8 Å². The number of hydrogen-bond donors (Lipinski definition) is 1. The van der Waals surface area contributed by atoms with Crippen molar-refractivity contribution in [1.29, 1.82) is 0 Å². The molecule has 0 heterocycles. The summed E-state index contributed by atoms with van der Waals surface area (Å²) >= 11 is 0. The summed E-state index contributed by atoms with van der Waals surface area (Å²) in [6, 6.07) is 20.9. The van der Waals surface area contributed by atoms with Gasteiger partial charge in [-0.15, -0.1) is 0 Å². The fourth-order valence-electron chi connectivity index (χ4n) is 2.16. The molecule has 0 aromatic heterocycles. The lowest BCUT2D eigenvalue weighted by molar-refractivity contribution is 0.599. The van der Waals surface area contributed by atoms with Crippen LogP contribution >= 0.6 is 0 Å². The molecule has 3 nitrogen and oxygen atoms in total. The predicted molar refractivity (Wildman–Crippen MR) is 96.1 cm³/mol. The fraction of sp³-hybridized carbons (Fsp3) is 0. The highest BCUT2D eigenvalue weighted by molar-refractivity contribution is 7.92. The van der Waals surface area contributed by atoms with Crippen LogP contribution in [0.1, 0.15) is 11.1 Å². The van der Waals surface area contributed by atoms with E-state index in [1.807, 2.05) is 30.3 Å². The van der Waals surface area contributed by atoms with Crippen LogP contribution in [0.3, 0.4) is 0 Å². The number of para-hydroxylation sites is 1. The number of anilines is 1. The molecule has 0 amide bonds. The minimum absolute atomic E-state index is 0.0141. The molecular weight excluding hydrogens is 337 g/mol. The van der Waals surface area contributed by atoms with Crippen LogP contribution in [0, 0.1) is 17.7 Å². The van der Waals surface area contributed by atoms with Crippen molar-refractivity contribution in [2.75, 3.05) is 4.72 Å². The Hall–Kier alpha value is -3.10. The highest BCUT2D eigenvalue weighted by Crippen LogP contribution is 2.19. The number of sulfonamides is 1. The summed E-state index contributed by atoms with van der Waals surface area (Å²) in [4.78, 5) is -0.0141. The van der Waals surface area contributed by atoms with Crippen molar-refractivity contribution in [1.82, 2.24) is 0 Å². The van der Waals surface area contributed by atoms with E-state index in [1.165, 1.54) is 12.1 Å². The van der Waals surface area contributed by atoms with Gasteiger partial charge in [-0.1, -0.05) is 42.2 Å². The van der Waals surface area contributed by atoms with Crippen LogP contribution in [-0.4, -0.2) is 8.42 Å². The van der Waals surface area contributed by atoms with Crippen LogP contribution in [0.25, 0.3) is 0 Å². The maximum Gasteiger partial charge on any atom is 0.261 e. The van der Waals surface area contributed by atoms with Gasteiger partial charge in [0.05, 0.1) is 10.6 Å². The Labute approximate surface area is 146 Å². The number of rotatable bonds is 3. The van der Waals surface area contributed by atoms with E-state index >= 15 is 0 Å². The molecule has 0 bridgehead atoms. The topological polar surface area (TPSA) is 46.2 Å². The summed E-state index contributed by atoms with van der Waals surface area (Å²) in [7, 11) is -3.82. The van der Waals surface area contributed by atoms with Gasteiger partial charge in [0.15, 0.2) is 0 Å². The van der Waals surface area contributed by atoms with Gasteiger partial charge in [0.1, 0.15) is 5.82 Å². The molecule has 0 aliphatic carbocycles. The average molecular weight is 351 g/mol. The van der Waals surface area contributed by atoms with Gasteiger partial charge in [-0.3, -0.25) is 4.72 Å². The lowest BCUT2D eigenvalue weighted by atomic mass is 10.1. The summed E-state index contributed by atoms with van der Waals surface area (Å²) in [6.45, 7) is 0. The minimum atomic E-state index is -3.82. The van der Waals surface area contributed by atoms with Gasteiger partial charge >= 0.3 is 0 Å². The van der Waals surface area contributed by atoms with Crippen molar-refractivity contribution in [3.63, 3.8) is 0 Å². The van der Waals surface area contributed by atoms with Gasteiger partial charge in [0, 0.05) is 11.1 Å². The van der Waals surface area contributed by atoms with E-state index in [0.29, 0.717) is 11.3 Å². The zero-order valence-electron chi connectivity index (χ0n) is 13.1. The van der Waals surface area contributed by atoms with Gasteiger partial charge in [0.25, 0.3) is 10.0 Å². The van der Waals surface area contributed by atoms with E-state index in [1.54, 1.807) is 24.3 Å². The van der Waals surface area contributed by atoms with E-state index in [-0.39, 0.29) is 4.90 Å². The third-order valence-corrected chi connectivity index (χ3v) is 4.79. The van der Waals surface area contributed by atoms with Crippen LogP contribution in [-0.2, 0) is 10.0 Å². The third kappa shape index (κ3) is 4.25. The largest absolute Gasteiger partial charge is 0.278 e. The highest BCUT2D eigenvalue weighted by Gasteiger charge is 2.15. The first-order valence-corrected chi connectivity index (χ1v) is 8.97. The zero-order chi connectivity index (χ0) is 17.7. The molecule has 5 heteroatoms. The predicted octanol–water partition coefficient (Wildman–Crippen LogP) is 4.03. The minimum Gasteiger partial charge on any atom is -0.278 e. The number of hydrogen-bond acceptors (Lipinski definition) is 2. The SMILES string of the molecule is O=S(=O)(Nc1ccccc1C#Cc1ccccc1)c1ccc(F)cc1. The summed E-state index contributed by atoms with van der Waals surface area (Å²) in [5.74, 6) is 5.48. The maximum absolute atomic E-state index is 13.0. The number of halogens is 1. The molecule has 25 heavy (non-hydrogen) atoms. The Bertz CT molecular complexity index is 1030. The van der Waals surface area contributed by atoms with Crippen molar-refractivity contribution >= 4 is 15.7 Å². The van der Waals surface area contributed by atoms with Gasteiger partial charge in [-0.25, -0.2) is 12.8 Å².